The van der Waals surface area contributed by atoms with Crippen LogP contribution in [-0.2, 0) is 9.53 Å². The van der Waals surface area contributed by atoms with Gasteiger partial charge in [-0.1, -0.05) is 48.8 Å². The van der Waals surface area contributed by atoms with E-state index in [0.717, 1.165) is 24.7 Å². The van der Waals surface area contributed by atoms with Gasteiger partial charge in [0.1, 0.15) is 0 Å². The van der Waals surface area contributed by atoms with Crippen LogP contribution in [0.3, 0.4) is 0 Å². The van der Waals surface area contributed by atoms with E-state index < -0.39 is 0 Å². The molecule has 4 rings (SSSR count). The number of esters is 1. The molecule has 2 fully saturated rings. The first-order valence-electron chi connectivity index (χ1n) is 10.2. The van der Waals surface area contributed by atoms with Crippen LogP contribution in [0.25, 0.3) is 0 Å². The van der Waals surface area contributed by atoms with E-state index in [9.17, 15) is 4.79 Å². The van der Waals surface area contributed by atoms with Crippen LogP contribution in [-0.4, -0.2) is 13.1 Å². The molecule has 0 N–H and O–H groups in total. The predicted octanol–water partition coefficient (Wildman–Crippen LogP) is 5.75. The van der Waals surface area contributed by atoms with Gasteiger partial charge in [0.25, 0.3) is 0 Å². The van der Waals surface area contributed by atoms with Gasteiger partial charge in [-0.05, 0) is 68.6 Å². The summed E-state index contributed by atoms with van der Waals surface area (Å²) in [6.07, 6.45) is 18.0. The summed E-state index contributed by atoms with van der Waals surface area (Å²) in [4.78, 5) is 11.6. The summed E-state index contributed by atoms with van der Waals surface area (Å²) in [5.74, 6) is 1.40. The van der Waals surface area contributed by atoms with Crippen LogP contribution in [0.15, 0.2) is 34.9 Å². The van der Waals surface area contributed by atoms with Crippen molar-refractivity contribution in [3.63, 3.8) is 0 Å². The van der Waals surface area contributed by atoms with Crippen molar-refractivity contribution in [2.24, 2.45) is 22.7 Å². The molecule has 0 amide bonds. The van der Waals surface area contributed by atoms with Crippen LogP contribution >= 0.6 is 0 Å². The zero-order valence-electron chi connectivity index (χ0n) is 16.1. The first-order chi connectivity index (χ1) is 12.0. The van der Waals surface area contributed by atoms with E-state index in [1.807, 2.05) is 0 Å². The lowest BCUT2D eigenvalue weighted by molar-refractivity contribution is -0.139. The standard InChI is InChI=1S/C23H32O2/c1-22-14-5-4-6-16(22)7-10-18-19-11-8-17(9-12-21(24)25-3)23(19,2)15-13-20(18)22/h6,9,13,18-19H,4-5,7-8,10-12,14-15H2,1-3H3/t18-,19-,22-,23+/m0/s1. The molecule has 0 aromatic rings. The molecule has 0 unspecified atom stereocenters. The molecule has 25 heavy (non-hydrogen) atoms. The molecule has 0 aromatic heterocycles. The quantitative estimate of drug-likeness (QED) is 0.472. The van der Waals surface area contributed by atoms with Crippen molar-refractivity contribution < 1.29 is 9.53 Å². The summed E-state index contributed by atoms with van der Waals surface area (Å²) in [5.41, 5.74) is 5.61. The Bertz CT molecular complexity index is 668. The molecular formula is C23H32O2. The number of hydrogen-bond acceptors (Lipinski definition) is 2. The van der Waals surface area contributed by atoms with Crippen molar-refractivity contribution in [2.45, 2.75) is 71.6 Å². The number of carbonyl (C=O) groups excluding carboxylic acids is 1. The third-order valence-electron chi connectivity index (χ3n) is 7.99. The maximum absolute atomic E-state index is 11.6. The van der Waals surface area contributed by atoms with Gasteiger partial charge in [-0.25, -0.2) is 0 Å². The zero-order valence-corrected chi connectivity index (χ0v) is 16.1. The number of carbonyl (C=O) groups is 1. The minimum absolute atomic E-state index is 0.117. The topological polar surface area (TPSA) is 26.3 Å². The molecule has 136 valence electrons. The fourth-order valence-electron chi connectivity index (χ4n) is 6.52. The Hall–Kier alpha value is -1.31. The maximum atomic E-state index is 11.6. The highest BCUT2D eigenvalue weighted by Gasteiger charge is 2.53. The van der Waals surface area contributed by atoms with Gasteiger partial charge < -0.3 is 4.74 Å². The summed E-state index contributed by atoms with van der Waals surface area (Å²) < 4.78 is 4.84. The van der Waals surface area contributed by atoms with Crippen molar-refractivity contribution in [2.75, 3.05) is 7.11 Å². The summed E-state index contributed by atoms with van der Waals surface area (Å²) in [6, 6.07) is 0. The second-order valence-electron chi connectivity index (χ2n) is 9.03. The number of fused-ring (bicyclic) bond motifs is 5. The van der Waals surface area contributed by atoms with E-state index in [0.29, 0.717) is 11.8 Å². The smallest absolute Gasteiger partial charge is 0.309 e. The molecule has 0 saturated heterocycles. The first kappa shape index (κ1) is 17.1. The highest BCUT2D eigenvalue weighted by molar-refractivity contribution is 5.71. The first-order valence-corrected chi connectivity index (χ1v) is 10.2. The van der Waals surface area contributed by atoms with Crippen molar-refractivity contribution in [3.05, 3.63) is 34.9 Å². The number of ether oxygens (including phenoxy) is 1. The average molecular weight is 341 g/mol. The van der Waals surface area contributed by atoms with Crippen molar-refractivity contribution in [1.82, 2.24) is 0 Å². The largest absolute Gasteiger partial charge is 0.469 e. The van der Waals surface area contributed by atoms with Crippen LogP contribution in [0.1, 0.15) is 71.6 Å². The number of hydrogen-bond donors (Lipinski definition) is 0. The molecule has 4 atom stereocenters. The SMILES string of the molecule is COC(=O)CC=C1CC[C@H]2[C@@H]3CCC4=CCCC[C@]4(C)C3=CC[C@]12C. The van der Waals surface area contributed by atoms with Gasteiger partial charge in [-0.2, -0.15) is 0 Å². The third kappa shape index (κ3) is 2.55. The van der Waals surface area contributed by atoms with Gasteiger partial charge in [0.15, 0.2) is 0 Å². The van der Waals surface area contributed by atoms with Crippen molar-refractivity contribution >= 4 is 5.97 Å². The van der Waals surface area contributed by atoms with Gasteiger partial charge in [0, 0.05) is 5.41 Å². The summed E-state index contributed by atoms with van der Waals surface area (Å²) in [6.45, 7) is 4.97. The Morgan fingerprint density at radius 3 is 2.92 bits per heavy atom. The van der Waals surface area contributed by atoms with Crippen LogP contribution in [0, 0.1) is 22.7 Å². The summed E-state index contributed by atoms with van der Waals surface area (Å²) >= 11 is 0. The minimum atomic E-state index is -0.117. The molecule has 0 bridgehead atoms. The molecule has 0 heterocycles. The molecule has 2 heteroatoms. The van der Waals surface area contributed by atoms with Crippen LogP contribution < -0.4 is 0 Å². The maximum Gasteiger partial charge on any atom is 0.309 e. The molecule has 2 nitrogen and oxygen atoms in total. The van der Waals surface area contributed by atoms with E-state index in [-0.39, 0.29) is 11.4 Å². The Kier molecular flexibility index (Phi) is 4.21. The highest BCUT2D eigenvalue weighted by Crippen LogP contribution is 2.64. The van der Waals surface area contributed by atoms with E-state index in [1.54, 1.807) is 11.1 Å². The van der Waals surface area contributed by atoms with E-state index >= 15 is 0 Å². The van der Waals surface area contributed by atoms with Crippen LogP contribution in [0.2, 0.25) is 0 Å². The van der Waals surface area contributed by atoms with E-state index in [1.165, 1.54) is 51.2 Å². The lowest BCUT2D eigenvalue weighted by Gasteiger charge is -2.53. The van der Waals surface area contributed by atoms with Crippen molar-refractivity contribution in [1.29, 1.82) is 0 Å². The van der Waals surface area contributed by atoms with Gasteiger partial charge in [-0.15, -0.1) is 0 Å². The number of allylic oxidation sites excluding steroid dienone is 5. The van der Waals surface area contributed by atoms with Gasteiger partial charge >= 0.3 is 5.97 Å². The molecule has 0 radical (unpaired) electrons. The number of methoxy groups -OCH3 is 1. The molecule has 0 aromatic carbocycles. The van der Waals surface area contributed by atoms with E-state index in [2.05, 4.69) is 32.1 Å². The molecule has 4 aliphatic carbocycles. The van der Waals surface area contributed by atoms with E-state index in [4.69, 9.17) is 4.74 Å². The van der Waals surface area contributed by atoms with Gasteiger partial charge in [0.2, 0.25) is 0 Å². The van der Waals surface area contributed by atoms with Crippen LogP contribution in [0.4, 0.5) is 0 Å². The summed E-state index contributed by atoms with van der Waals surface area (Å²) in [7, 11) is 1.48. The molecule has 4 aliphatic rings. The molecule has 0 aliphatic heterocycles. The normalized spacial score (nSPS) is 41.3. The minimum Gasteiger partial charge on any atom is -0.469 e. The lowest BCUT2D eigenvalue weighted by atomic mass is 9.52. The number of rotatable bonds is 2. The highest BCUT2D eigenvalue weighted by atomic mass is 16.5. The lowest BCUT2D eigenvalue weighted by Crippen LogP contribution is -2.42. The Labute approximate surface area is 152 Å². The van der Waals surface area contributed by atoms with Crippen molar-refractivity contribution in [3.8, 4) is 0 Å². The van der Waals surface area contributed by atoms with Gasteiger partial charge in [0.05, 0.1) is 13.5 Å². The monoisotopic (exact) mass is 340 g/mol. The molecule has 2 saturated carbocycles. The third-order valence-corrected chi connectivity index (χ3v) is 7.99. The van der Waals surface area contributed by atoms with Crippen LogP contribution in [0.5, 0.6) is 0 Å². The predicted molar refractivity (Wildman–Crippen MR) is 101 cm³/mol. The Balaban J connectivity index is 1.65. The Morgan fingerprint density at radius 2 is 2.12 bits per heavy atom. The zero-order chi connectivity index (χ0) is 17.7. The fraction of sp³-hybridized carbons (Fsp3) is 0.696. The fourth-order valence-corrected chi connectivity index (χ4v) is 6.52. The average Bonchev–Trinajstić information content (AvgIpc) is 2.95. The molecular weight excluding hydrogens is 308 g/mol. The second kappa shape index (κ2) is 6.14. The molecule has 0 spiro atoms. The Morgan fingerprint density at radius 1 is 1.28 bits per heavy atom. The van der Waals surface area contributed by atoms with Gasteiger partial charge in [-0.3, -0.25) is 4.79 Å². The summed E-state index contributed by atoms with van der Waals surface area (Å²) in [5, 5.41) is 0. The second-order valence-corrected chi connectivity index (χ2v) is 9.03.